The van der Waals surface area contributed by atoms with Gasteiger partial charge in [0.1, 0.15) is 0 Å². The smallest absolute Gasteiger partial charge is 0.0544 e. The van der Waals surface area contributed by atoms with Crippen LogP contribution < -0.4 is 0 Å². The van der Waals surface area contributed by atoms with Gasteiger partial charge in [-0.05, 0) is 33.6 Å². The van der Waals surface area contributed by atoms with Crippen molar-refractivity contribution < 1.29 is 4.21 Å². The van der Waals surface area contributed by atoms with Crippen molar-refractivity contribution in [2.45, 2.75) is 43.6 Å². The summed E-state index contributed by atoms with van der Waals surface area (Å²) in [4.78, 5) is 0. The Bertz CT molecular complexity index is 252. The zero-order chi connectivity index (χ0) is 8.70. The van der Waals surface area contributed by atoms with Crippen molar-refractivity contribution >= 4 is 9.73 Å². The summed E-state index contributed by atoms with van der Waals surface area (Å²) in [5.41, 5.74) is 0. The van der Waals surface area contributed by atoms with Gasteiger partial charge in [-0.25, -0.2) is 8.57 Å². The molecule has 1 saturated carbocycles. The molecule has 1 atom stereocenters. The van der Waals surface area contributed by atoms with E-state index in [0.717, 1.165) is 12.8 Å². The third kappa shape index (κ3) is 1.43. The molecule has 1 aliphatic rings. The Hall–Kier alpha value is -0.0500. The molecule has 1 unspecified atom stereocenters. The Morgan fingerprint density at radius 1 is 1.36 bits per heavy atom. The van der Waals surface area contributed by atoms with E-state index in [1.54, 1.807) is 7.05 Å². The molecule has 3 heteroatoms. The van der Waals surface area contributed by atoms with E-state index < -0.39 is 9.73 Å². The fourth-order valence-electron chi connectivity index (χ4n) is 1.31. The van der Waals surface area contributed by atoms with E-state index >= 15 is 0 Å². The van der Waals surface area contributed by atoms with E-state index in [9.17, 15) is 4.21 Å². The molecule has 1 fully saturated rings. The van der Waals surface area contributed by atoms with E-state index in [-0.39, 0.29) is 4.75 Å². The van der Waals surface area contributed by atoms with Crippen molar-refractivity contribution in [3.8, 4) is 0 Å². The van der Waals surface area contributed by atoms with Gasteiger partial charge in [0.15, 0.2) is 0 Å². The van der Waals surface area contributed by atoms with Gasteiger partial charge >= 0.3 is 0 Å². The minimum Gasteiger partial charge on any atom is -0.249 e. The van der Waals surface area contributed by atoms with Gasteiger partial charge in [0.2, 0.25) is 0 Å². The molecule has 0 radical (unpaired) electrons. The SMILES string of the molecule is CN=S(=O)(C1CC1)C(C)(C)C. The summed E-state index contributed by atoms with van der Waals surface area (Å²) in [7, 11) is -0.237. The van der Waals surface area contributed by atoms with Gasteiger partial charge < -0.3 is 0 Å². The second kappa shape index (κ2) is 2.47. The minimum atomic E-state index is -1.92. The first-order chi connectivity index (χ1) is 4.92. The predicted molar refractivity (Wildman–Crippen MR) is 49.3 cm³/mol. The van der Waals surface area contributed by atoms with E-state index in [0.29, 0.717) is 5.25 Å². The molecule has 0 bridgehead atoms. The van der Waals surface area contributed by atoms with Crippen LogP contribution in [0.25, 0.3) is 0 Å². The summed E-state index contributed by atoms with van der Waals surface area (Å²) >= 11 is 0. The third-order valence-corrected chi connectivity index (χ3v) is 5.80. The van der Waals surface area contributed by atoms with Crippen LogP contribution in [0, 0.1) is 0 Å². The summed E-state index contributed by atoms with van der Waals surface area (Å²) < 4.78 is 16.1. The molecular weight excluding hydrogens is 158 g/mol. The first-order valence-corrected chi connectivity index (χ1v) is 5.63. The van der Waals surface area contributed by atoms with Gasteiger partial charge in [0.05, 0.1) is 9.73 Å². The molecule has 0 amide bonds. The van der Waals surface area contributed by atoms with Crippen LogP contribution in [0.15, 0.2) is 4.36 Å². The highest BCUT2D eigenvalue weighted by atomic mass is 32.2. The summed E-state index contributed by atoms with van der Waals surface area (Å²) in [5.74, 6) is 0. The van der Waals surface area contributed by atoms with E-state index in [4.69, 9.17) is 0 Å². The highest BCUT2D eigenvalue weighted by Gasteiger charge is 2.40. The van der Waals surface area contributed by atoms with Gasteiger partial charge in [-0.3, -0.25) is 0 Å². The number of hydrogen-bond donors (Lipinski definition) is 0. The lowest BCUT2D eigenvalue weighted by Gasteiger charge is -2.23. The quantitative estimate of drug-likeness (QED) is 0.599. The van der Waals surface area contributed by atoms with E-state index in [1.807, 2.05) is 20.8 Å². The van der Waals surface area contributed by atoms with E-state index in [1.165, 1.54) is 0 Å². The summed E-state index contributed by atoms with van der Waals surface area (Å²) in [6.45, 7) is 6.04. The zero-order valence-electron chi connectivity index (χ0n) is 7.76. The third-order valence-electron chi connectivity index (χ3n) is 2.12. The van der Waals surface area contributed by atoms with Crippen LogP contribution in [0.5, 0.6) is 0 Å². The first-order valence-electron chi connectivity index (χ1n) is 4.05. The molecule has 0 saturated heterocycles. The molecule has 0 aromatic carbocycles. The normalized spacial score (nSPS) is 24.4. The predicted octanol–water partition coefficient (Wildman–Crippen LogP) is 2.05. The zero-order valence-corrected chi connectivity index (χ0v) is 8.57. The maximum absolute atomic E-state index is 12.2. The Labute approximate surface area is 69.6 Å². The summed E-state index contributed by atoms with van der Waals surface area (Å²) in [6.07, 6.45) is 2.21. The van der Waals surface area contributed by atoms with Gasteiger partial charge in [-0.1, -0.05) is 0 Å². The molecule has 1 rings (SSSR count). The van der Waals surface area contributed by atoms with Crippen LogP contribution in [0.4, 0.5) is 0 Å². The molecular formula is C8H17NOS. The highest BCUT2D eigenvalue weighted by Crippen LogP contribution is 2.37. The topological polar surface area (TPSA) is 29.4 Å². The van der Waals surface area contributed by atoms with Gasteiger partial charge in [-0.15, -0.1) is 0 Å². The molecule has 0 heterocycles. The van der Waals surface area contributed by atoms with Crippen molar-refractivity contribution in [2.75, 3.05) is 7.05 Å². The Morgan fingerprint density at radius 3 is 1.91 bits per heavy atom. The lowest BCUT2D eigenvalue weighted by atomic mass is 10.3. The molecule has 0 spiro atoms. The fraction of sp³-hybridized carbons (Fsp3) is 1.00. The van der Waals surface area contributed by atoms with Crippen LogP contribution in [0.3, 0.4) is 0 Å². The van der Waals surface area contributed by atoms with Crippen LogP contribution in [-0.2, 0) is 9.73 Å². The standard InChI is InChI=1S/C8H17NOS/c1-8(2,3)11(10,9-4)7-5-6-7/h7H,5-6H2,1-4H3. The van der Waals surface area contributed by atoms with Gasteiger partial charge in [-0.2, -0.15) is 0 Å². The molecule has 2 nitrogen and oxygen atoms in total. The van der Waals surface area contributed by atoms with Crippen molar-refractivity contribution in [3.63, 3.8) is 0 Å². The van der Waals surface area contributed by atoms with Crippen LogP contribution in [0.2, 0.25) is 0 Å². The number of hydrogen-bond acceptors (Lipinski definition) is 2. The molecule has 0 aromatic rings. The van der Waals surface area contributed by atoms with E-state index in [2.05, 4.69) is 4.36 Å². The summed E-state index contributed by atoms with van der Waals surface area (Å²) in [5, 5.41) is 0.382. The molecule has 0 N–H and O–H groups in total. The average Bonchev–Trinajstić information content (AvgIpc) is 2.64. The van der Waals surface area contributed by atoms with Crippen molar-refractivity contribution in [1.82, 2.24) is 0 Å². The highest BCUT2D eigenvalue weighted by molar-refractivity contribution is 7.95. The summed E-state index contributed by atoms with van der Waals surface area (Å²) in [6, 6.07) is 0. The fourth-order valence-corrected chi connectivity index (χ4v) is 3.93. The Balaban J connectivity index is 3.03. The monoisotopic (exact) mass is 175 g/mol. The second-order valence-electron chi connectivity index (χ2n) is 4.06. The van der Waals surface area contributed by atoms with Crippen molar-refractivity contribution in [3.05, 3.63) is 0 Å². The second-order valence-corrected chi connectivity index (χ2v) is 7.46. The number of nitrogens with zero attached hydrogens (tertiary/aromatic N) is 1. The van der Waals surface area contributed by atoms with Crippen molar-refractivity contribution in [1.29, 1.82) is 0 Å². The first kappa shape index (κ1) is 9.04. The van der Waals surface area contributed by atoms with Gasteiger partial charge in [0, 0.05) is 17.0 Å². The Kier molecular flexibility index (Phi) is 2.03. The number of rotatable bonds is 1. The van der Waals surface area contributed by atoms with Gasteiger partial charge in [0.25, 0.3) is 0 Å². The molecule has 0 aliphatic heterocycles. The lowest BCUT2D eigenvalue weighted by molar-refractivity contribution is 0.638. The lowest BCUT2D eigenvalue weighted by Crippen LogP contribution is -2.30. The molecule has 1 aliphatic carbocycles. The molecule has 11 heavy (non-hydrogen) atoms. The Morgan fingerprint density at radius 2 is 1.82 bits per heavy atom. The maximum Gasteiger partial charge on any atom is 0.0544 e. The maximum atomic E-state index is 12.2. The largest absolute Gasteiger partial charge is 0.249 e. The molecule has 66 valence electrons. The minimum absolute atomic E-state index is 0.150. The van der Waals surface area contributed by atoms with Crippen LogP contribution in [0.1, 0.15) is 33.6 Å². The van der Waals surface area contributed by atoms with Crippen LogP contribution in [-0.4, -0.2) is 21.3 Å². The van der Waals surface area contributed by atoms with Crippen molar-refractivity contribution in [2.24, 2.45) is 4.36 Å². The van der Waals surface area contributed by atoms with Crippen LogP contribution >= 0.6 is 0 Å². The molecule has 0 aromatic heterocycles. The average molecular weight is 175 g/mol.